The van der Waals surface area contributed by atoms with Crippen LogP contribution in [0.1, 0.15) is 12.0 Å². The molecule has 1 aliphatic heterocycles. The molecule has 1 aromatic rings. The van der Waals surface area contributed by atoms with Gasteiger partial charge >= 0.3 is 0 Å². The highest BCUT2D eigenvalue weighted by atomic mass is 16.2. The lowest BCUT2D eigenvalue weighted by molar-refractivity contribution is -0.132. The van der Waals surface area contributed by atoms with Crippen molar-refractivity contribution in [2.75, 3.05) is 19.6 Å². The third-order valence-electron chi connectivity index (χ3n) is 3.24. The van der Waals surface area contributed by atoms with E-state index < -0.39 is 6.04 Å². The fourth-order valence-corrected chi connectivity index (χ4v) is 2.18. The SMILES string of the molecule is NC(Cc1ccccc1)C(=O)N1CCNC(=O)CC1. The van der Waals surface area contributed by atoms with Crippen LogP contribution in [0.5, 0.6) is 0 Å². The van der Waals surface area contributed by atoms with Gasteiger partial charge in [0.05, 0.1) is 6.04 Å². The molecule has 0 saturated carbocycles. The van der Waals surface area contributed by atoms with E-state index in [-0.39, 0.29) is 11.8 Å². The maximum atomic E-state index is 12.2. The van der Waals surface area contributed by atoms with Gasteiger partial charge < -0.3 is 16.0 Å². The van der Waals surface area contributed by atoms with Gasteiger partial charge in [-0.15, -0.1) is 0 Å². The molecule has 0 aromatic heterocycles. The minimum atomic E-state index is -0.546. The average molecular weight is 261 g/mol. The summed E-state index contributed by atoms with van der Waals surface area (Å²) in [6.45, 7) is 1.49. The Morgan fingerprint density at radius 1 is 1.32 bits per heavy atom. The van der Waals surface area contributed by atoms with E-state index in [9.17, 15) is 9.59 Å². The maximum absolute atomic E-state index is 12.2. The zero-order valence-electron chi connectivity index (χ0n) is 10.8. The number of nitrogens with one attached hydrogen (secondary N) is 1. The Labute approximate surface area is 112 Å². The van der Waals surface area contributed by atoms with Crippen LogP contribution in [0.15, 0.2) is 30.3 Å². The predicted octanol–water partition coefficient (Wildman–Crippen LogP) is -0.0951. The van der Waals surface area contributed by atoms with Gasteiger partial charge in [-0.05, 0) is 12.0 Å². The van der Waals surface area contributed by atoms with E-state index in [2.05, 4.69) is 5.32 Å². The van der Waals surface area contributed by atoms with E-state index in [1.54, 1.807) is 4.90 Å². The second-order valence-electron chi connectivity index (χ2n) is 4.72. The molecule has 1 unspecified atom stereocenters. The first kappa shape index (κ1) is 13.5. The molecule has 19 heavy (non-hydrogen) atoms. The second-order valence-corrected chi connectivity index (χ2v) is 4.72. The summed E-state index contributed by atoms with van der Waals surface area (Å²) in [6.07, 6.45) is 0.876. The maximum Gasteiger partial charge on any atom is 0.239 e. The molecule has 1 aliphatic rings. The number of nitrogens with two attached hydrogens (primary N) is 1. The molecule has 0 bridgehead atoms. The van der Waals surface area contributed by atoms with Gasteiger partial charge in [-0.3, -0.25) is 9.59 Å². The molecule has 2 rings (SSSR count). The Balaban J connectivity index is 1.93. The summed E-state index contributed by atoms with van der Waals surface area (Å²) in [5, 5.41) is 2.74. The van der Waals surface area contributed by atoms with E-state index >= 15 is 0 Å². The van der Waals surface area contributed by atoms with Crippen LogP contribution in [-0.2, 0) is 16.0 Å². The molecule has 5 heteroatoms. The van der Waals surface area contributed by atoms with Gasteiger partial charge in [0, 0.05) is 26.1 Å². The lowest BCUT2D eigenvalue weighted by Crippen LogP contribution is -2.46. The van der Waals surface area contributed by atoms with Gasteiger partial charge in [0.1, 0.15) is 0 Å². The summed E-state index contributed by atoms with van der Waals surface area (Å²) in [6, 6.07) is 9.17. The van der Waals surface area contributed by atoms with Crippen LogP contribution in [0, 0.1) is 0 Å². The predicted molar refractivity (Wildman–Crippen MR) is 72.3 cm³/mol. The molecule has 1 fully saturated rings. The van der Waals surface area contributed by atoms with Crippen LogP contribution < -0.4 is 11.1 Å². The fourth-order valence-electron chi connectivity index (χ4n) is 2.18. The molecule has 0 aliphatic carbocycles. The van der Waals surface area contributed by atoms with E-state index in [4.69, 9.17) is 5.73 Å². The van der Waals surface area contributed by atoms with E-state index in [0.29, 0.717) is 32.5 Å². The van der Waals surface area contributed by atoms with Gasteiger partial charge in [0.15, 0.2) is 0 Å². The third kappa shape index (κ3) is 3.79. The van der Waals surface area contributed by atoms with Crippen molar-refractivity contribution < 1.29 is 9.59 Å². The van der Waals surface area contributed by atoms with Crippen molar-refractivity contribution in [1.82, 2.24) is 10.2 Å². The highest BCUT2D eigenvalue weighted by molar-refractivity contribution is 5.83. The molecule has 1 saturated heterocycles. The van der Waals surface area contributed by atoms with Crippen LogP contribution in [0.4, 0.5) is 0 Å². The highest BCUT2D eigenvalue weighted by Gasteiger charge is 2.23. The zero-order chi connectivity index (χ0) is 13.7. The van der Waals surface area contributed by atoms with E-state index in [1.807, 2.05) is 30.3 Å². The number of hydrogen-bond acceptors (Lipinski definition) is 3. The lowest BCUT2D eigenvalue weighted by Gasteiger charge is -2.23. The van der Waals surface area contributed by atoms with Crippen LogP contribution in [0.3, 0.4) is 0 Å². The summed E-state index contributed by atoms with van der Waals surface area (Å²) >= 11 is 0. The Bertz CT molecular complexity index is 447. The number of hydrogen-bond donors (Lipinski definition) is 2. The molecular formula is C14H19N3O2. The Morgan fingerprint density at radius 3 is 2.79 bits per heavy atom. The molecule has 0 spiro atoms. The van der Waals surface area contributed by atoms with Crippen molar-refractivity contribution in [3.63, 3.8) is 0 Å². The summed E-state index contributed by atoms with van der Waals surface area (Å²) in [5.74, 6) is -0.0905. The molecule has 3 N–H and O–H groups in total. The molecule has 1 aromatic carbocycles. The number of nitrogens with zero attached hydrogens (tertiary/aromatic N) is 1. The summed E-state index contributed by atoms with van der Waals surface area (Å²) < 4.78 is 0. The molecule has 0 radical (unpaired) electrons. The van der Waals surface area contributed by atoms with Crippen molar-refractivity contribution in [1.29, 1.82) is 0 Å². The van der Waals surface area contributed by atoms with Gasteiger partial charge in [0.25, 0.3) is 0 Å². The van der Waals surface area contributed by atoms with Crippen LogP contribution >= 0.6 is 0 Å². The first-order chi connectivity index (χ1) is 9.16. The lowest BCUT2D eigenvalue weighted by atomic mass is 10.1. The normalized spacial score (nSPS) is 17.5. The van der Waals surface area contributed by atoms with Crippen molar-refractivity contribution in [3.8, 4) is 0 Å². The number of amides is 2. The number of carbonyl (C=O) groups excluding carboxylic acids is 2. The largest absolute Gasteiger partial charge is 0.354 e. The smallest absolute Gasteiger partial charge is 0.239 e. The van der Waals surface area contributed by atoms with Crippen molar-refractivity contribution >= 4 is 11.8 Å². The molecule has 5 nitrogen and oxygen atoms in total. The van der Waals surface area contributed by atoms with Crippen LogP contribution in [-0.4, -0.2) is 42.4 Å². The minimum Gasteiger partial charge on any atom is -0.354 e. The molecule has 1 atom stereocenters. The Morgan fingerprint density at radius 2 is 2.05 bits per heavy atom. The molecular weight excluding hydrogens is 242 g/mol. The van der Waals surface area contributed by atoms with Crippen LogP contribution in [0.2, 0.25) is 0 Å². The number of rotatable bonds is 3. The Kier molecular flexibility index (Phi) is 4.52. The second kappa shape index (κ2) is 6.33. The van der Waals surface area contributed by atoms with Crippen molar-refractivity contribution in [3.05, 3.63) is 35.9 Å². The fraction of sp³-hybridized carbons (Fsp3) is 0.429. The van der Waals surface area contributed by atoms with Gasteiger partial charge in [-0.1, -0.05) is 30.3 Å². The first-order valence-corrected chi connectivity index (χ1v) is 6.52. The minimum absolute atomic E-state index is 0.00747. The van der Waals surface area contributed by atoms with Gasteiger partial charge in [-0.2, -0.15) is 0 Å². The topological polar surface area (TPSA) is 75.4 Å². The average Bonchev–Trinajstić information content (AvgIpc) is 2.64. The third-order valence-corrected chi connectivity index (χ3v) is 3.24. The molecule has 1 heterocycles. The van der Waals surface area contributed by atoms with E-state index in [0.717, 1.165) is 5.56 Å². The number of benzene rings is 1. The molecule has 102 valence electrons. The Hall–Kier alpha value is -1.88. The first-order valence-electron chi connectivity index (χ1n) is 6.52. The monoisotopic (exact) mass is 261 g/mol. The van der Waals surface area contributed by atoms with Gasteiger partial charge in [0.2, 0.25) is 11.8 Å². The highest BCUT2D eigenvalue weighted by Crippen LogP contribution is 2.06. The summed E-state index contributed by atoms with van der Waals surface area (Å²) in [7, 11) is 0. The van der Waals surface area contributed by atoms with Gasteiger partial charge in [-0.25, -0.2) is 0 Å². The van der Waals surface area contributed by atoms with Crippen LogP contribution in [0.25, 0.3) is 0 Å². The zero-order valence-corrected chi connectivity index (χ0v) is 10.8. The quantitative estimate of drug-likeness (QED) is 0.798. The number of carbonyl (C=O) groups is 2. The molecule has 2 amide bonds. The standard InChI is InChI=1S/C14H19N3O2/c15-12(10-11-4-2-1-3-5-11)14(19)17-8-6-13(18)16-7-9-17/h1-5,12H,6-10,15H2,(H,16,18). The van der Waals surface area contributed by atoms with Crippen molar-refractivity contribution in [2.45, 2.75) is 18.9 Å². The van der Waals surface area contributed by atoms with E-state index in [1.165, 1.54) is 0 Å². The summed E-state index contributed by atoms with van der Waals surface area (Å²) in [4.78, 5) is 25.1. The van der Waals surface area contributed by atoms with Crippen molar-refractivity contribution in [2.24, 2.45) is 5.73 Å². The summed E-state index contributed by atoms with van der Waals surface area (Å²) in [5.41, 5.74) is 7.02.